The Labute approximate surface area is 141 Å². The minimum absolute atomic E-state index is 0.0478. The third-order valence-electron chi connectivity index (χ3n) is 5.20. The molecule has 0 radical (unpaired) electrons. The van der Waals surface area contributed by atoms with Crippen LogP contribution in [-0.2, 0) is 12.8 Å². The zero-order valence-electron chi connectivity index (χ0n) is 14.8. The van der Waals surface area contributed by atoms with Crippen LogP contribution in [0.3, 0.4) is 0 Å². The second-order valence-electron chi connectivity index (χ2n) is 7.30. The maximum Gasteiger partial charge on any atom is 0.119 e. The Morgan fingerprint density at radius 3 is 2.74 bits per heavy atom. The first-order valence-electron chi connectivity index (χ1n) is 9.21. The topological polar surface area (TPSA) is 55.5 Å². The van der Waals surface area contributed by atoms with E-state index in [1.807, 2.05) is 6.92 Å². The molecule has 3 N–H and O–H groups in total. The van der Waals surface area contributed by atoms with Gasteiger partial charge in [0.2, 0.25) is 0 Å². The quantitative estimate of drug-likeness (QED) is 0.680. The maximum atomic E-state index is 9.47. The van der Waals surface area contributed by atoms with Crippen LogP contribution < -0.4 is 10.5 Å². The third kappa shape index (κ3) is 5.22. The highest BCUT2D eigenvalue weighted by Crippen LogP contribution is 2.33. The highest BCUT2D eigenvalue weighted by atomic mass is 16.5. The van der Waals surface area contributed by atoms with E-state index in [2.05, 4.69) is 25.1 Å². The molecule has 2 atom stereocenters. The Kier molecular flexibility index (Phi) is 6.91. The SMILES string of the molecule is CCCCCCCOc1ccc2c(c1)CC[C@@H]([C@](C)(N)CO)C2. The summed E-state index contributed by atoms with van der Waals surface area (Å²) in [6, 6.07) is 6.46. The van der Waals surface area contributed by atoms with Crippen molar-refractivity contribution >= 4 is 0 Å². The van der Waals surface area contributed by atoms with Crippen molar-refractivity contribution in [3.8, 4) is 5.75 Å². The lowest BCUT2D eigenvalue weighted by Crippen LogP contribution is -2.49. The first kappa shape index (κ1) is 18.3. The number of benzene rings is 1. The van der Waals surface area contributed by atoms with Gasteiger partial charge >= 0.3 is 0 Å². The van der Waals surface area contributed by atoms with Gasteiger partial charge in [-0.05, 0) is 61.8 Å². The molecule has 2 rings (SSSR count). The van der Waals surface area contributed by atoms with Crippen LogP contribution in [0.25, 0.3) is 0 Å². The van der Waals surface area contributed by atoms with E-state index in [9.17, 15) is 5.11 Å². The van der Waals surface area contributed by atoms with Gasteiger partial charge in [0.05, 0.1) is 13.2 Å². The van der Waals surface area contributed by atoms with E-state index in [-0.39, 0.29) is 6.61 Å². The number of ether oxygens (including phenoxy) is 1. The number of unbranched alkanes of at least 4 members (excludes halogenated alkanes) is 4. The van der Waals surface area contributed by atoms with Crippen LogP contribution in [0.4, 0.5) is 0 Å². The van der Waals surface area contributed by atoms with Gasteiger partial charge in [0.15, 0.2) is 0 Å². The van der Waals surface area contributed by atoms with Crippen molar-refractivity contribution < 1.29 is 9.84 Å². The minimum atomic E-state index is -0.481. The number of aliphatic hydroxyl groups is 1. The van der Waals surface area contributed by atoms with Crippen LogP contribution in [0.1, 0.15) is 63.5 Å². The summed E-state index contributed by atoms with van der Waals surface area (Å²) in [5, 5.41) is 9.47. The molecular formula is C20H33NO2. The van der Waals surface area contributed by atoms with Crippen molar-refractivity contribution in [1.82, 2.24) is 0 Å². The van der Waals surface area contributed by atoms with Crippen molar-refractivity contribution in [3.05, 3.63) is 29.3 Å². The molecule has 0 saturated carbocycles. The number of aryl methyl sites for hydroxylation is 1. The average Bonchev–Trinajstić information content (AvgIpc) is 2.57. The predicted molar refractivity (Wildman–Crippen MR) is 95.9 cm³/mol. The van der Waals surface area contributed by atoms with Crippen molar-refractivity contribution in [1.29, 1.82) is 0 Å². The Hall–Kier alpha value is -1.06. The van der Waals surface area contributed by atoms with Gasteiger partial charge in [0.25, 0.3) is 0 Å². The average molecular weight is 319 g/mol. The van der Waals surface area contributed by atoms with Gasteiger partial charge in [-0.3, -0.25) is 0 Å². The monoisotopic (exact) mass is 319 g/mol. The van der Waals surface area contributed by atoms with Gasteiger partial charge in [-0.1, -0.05) is 38.7 Å². The number of aliphatic hydroxyl groups excluding tert-OH is 1. The van der Waals surface area contributed by atoms with E-state index >= 15 is 0 Å². The molecule has 0 amide bonds. The molecule has 0 aliphatic heterocycles. The third-order valence-corrected chi connectivity index (χ3v) is 5.20. The van der Waals surface area contributed by atoms with Crippen molar-refractivity contribution in [2.45, 2.75) is 70.8 Å². The zero-order valence-corrected chi connectivity index (χ0v) is 14.8. The number of nitrogens with two attached hydrogens (primary N) is 1. The Morgan fingerprint density at radius 1 is 1.22 bits per heavy atom. The summed E-state index contributed by atoms with van der Waals surface area (Å²) in [6.07, 6.45) is 9.35. The predicted octanol–water partition coefficient (Wildman–Crippen LogP) is 3.85. The van der Waals surface area contributed by atoms with E-state index in [1.165, 1.54) is 36.8 Å². The van der Waals surface area contributed by atoms with Gasteiger partial charge in [-0.25, -0.2) is 0 Å². The molecule has 1 aliphatic rings. The smallest absolute Gasteiger partial charge is 0.119 e. The first-order chi connectivity index (χ1) is 11.1. The van der Waals surface area contributed by atoms with Crippen LogP contribution in [0.2, 0.25) is 0 Å². The highest BCUT2D eigenvalue weighted by Gasteiger charge is 2.32. The molecular weight excluding hydrogens is 286 g/mol. The van der Waals surface area contributed by atoms with E-state index in [4.69, 9.17) is 10.5 Å². The van der Waals surface area contributed by atoms with Gasteiger partial charge < -0.3 is 15.6 Å². The van der Waals surface area contributed by atoms with E-state index in [1.54, 1.807) is 0 Å². The molecule has 3 nitrogen and oxygen atoms in total. The lowest BCUT2D eigenvalue weighted by Gasteiger charge is -2.36. The molecule has 0 saturated heterocycles. The fraction of sp³-hybridized carbons (Fsp3) is 0.700. The molecule has 1 aromatic carbocycles. The van der Waals surface area contributed by atoms with E-state index in [0.717, 1.165) is 38.0 Å². The van der Waals surface area contributed by atoms with Gasteiger partial charge in [0.1, 0.15) is 5.75 Å². The fourth-order valence-electron chi connectivity index (χ4n) is 3.41. The number of hydrogen-bond donors (Lipinski definition) is 2. The minimum Gasteiger partial charge on any atom is -0.494 e. The van der Waals surface area contributed by atoms with E-state index < -0.39 is 5.54 Å². The molecule has 1 aliphatic carbocycles. The molecule has 130 valence electrons. The van der Waals surface area contributed by atoms with Crippen LogP contribution in [0.15, 0.2) is 18.2 Å². The molecule has 0 bridgehead atoms. The standard InChI is InChI=1S/C20H33NO2/c1-3-4-5-6-7-12-23-19-11-9-16-13-18(20(2,21)15-22)10-8-17(16)14-19/h9,11,14,18,22H,3-8,10,12-13,15,21H2,1-2H3/t18-,20-/m1/s1. The Bertz CT molecular complexity index is 485. The molecule has 23 heavy (non-hydrogen) atoms. The largest absolute Gasteiger partial charge is 0.494 e. The summed E-state index contributed by atoms with van der Waals surface area (Å²) in [7, 11) is 0. The highest BCUT2D eigenvalue weighted by molar-refractivity contribution is 5.38. The van der Waals surface area contributed by atoms with Crippen molar-refractivity contribution in [3.63, 3.8) is 0 Å². The lowest BCUT2D eigenvalue weighted by molar-refractivity contribution is 0.144. The zero-order chi connectivity index (χ0) is 16.7. The second kappa shape index (κ2) is 8.70. The summed E-state index contributed by atoms with van der Waals surface area (Å²) >= 11 is 0. The number of rotatable bonds is 9. The summed E-state index contributed by atoms with van der Waals surface area (Å²) in [6.45, 7) is 5.06. The van der Waals surface area contributed by atoms with Crippen LogP contribution in [0, 0.1) is 5.92 Å². The molecule has 0 heterocycles. The molecule has 1 aromatic rings. The van der Waals surface area contributed by atoms with Crippen LogP contribution in [0.5, 0.6) is 5.75 Å². The molecule has 0 fully saturated rings. The molecule has 0 unspecified atom stereocenters. The van der Waals surface area contributed by atoms with E-state index in [0.29, 0.717) is 5.92 Å². The van der Waals surface area contributed by atoms with Gasteiger partial charge in [0, 0.05) is 5.54 Å². The van der Waals surface area contributed by atoms with Gasteiger partial charge in [-0.15, -0.1) is 0 Å². The van der Waals surface area contributed by atoms with Crippen LogP contribution in [-0.4, -0.2) is 23.9 Å². The van der Waals surface area contributed by atoms with Crippen molar-refractivity contribution in [2.75, 3.05) is 13.2 Å². The first-order valence-corrected chi connectivity index (χ1v) is 9.21. The van der Waals surface area contributed by atoms with Crippen LogP contribution >= 0.6 is 0 Å². The van der Waals surface area contributed by atoms with Gasteiger partial charge in [-0.2, -0.15) is 0 Å². The summed E-state index contributed by atoms with van der Waals surface area (Å²) < 4.78 is 5.90. The Balaban J connectivity index is 1.84. The van der Waals surface area contributed by atoms with Crippen molar-refractivity contribution in [2.24, 2.45) is 11.7 Å². The summed E-state index contributed by atoms with van der Waals surface area (Å²) in [5.41, 5.74) is 8.49. The molecule has 0 aromatic heterocycles. The molecule has 0 spiro atoms. The molecule has 3 heteroatoms. The fourth-order valence-corrected chi connectivity index (χ4v) is 3.41. The summed E-state index contributed by atoms with van der Waals surface area (Å²) in [5.74, 6) is 1.35. The Morgan fingerprint density at radius 2 is 2.00 bits per heavy atom. The lowest BCUT2D eigenvalue weighted by atomic mass is 9.74. The number of fused-ring (bicyclic) bond motifs is 1. The summed E-state index contributed by atoms with van der Waals surface area (Å²) in [4.78, 5) is 0. The normalized spacial score (nSPS) is 19.9. The second-order valence-corrected chi connectivity index (χ2v) is 7.30. The number of hydrogen-bond acceptors (Lipinski definition) is 3. The maximum absolute atomic E-state index is 9.47.